The Labute approximate surface area is 123 Å². The molecule has 0 saturated heterocycles. The summed E-state index contributed by atoms with van der Waals surface area (Å²) in [5, 5.41) is 0. The number of alkyl halides is 1. The van der Waals surface area contributed by atoms with Gasteiger partial charge in [-0.2, -0.15) is 4.31 Å². The fourth-order valence-corrected chi connectivity index (χ4v) is 5.23. The summed E-state index contributed by atoms with van der Waals surface area (Å²) in [6.45, 7) is 1.73. The molecular formula is C10H16ClNO4S3. The first kappa shape index (κ1) is 16.9. The normalized spacial score (nSPS) is 13.1. The molecule has 0 atom stereocenters. The average Bonchev–Trinajstić information content (AvgIpc) is 2.66. The second-order valence-electron chi connectivity index (χ2n) is 4.26. The minimum absolute atomic E-state index is 0.0612. The first-order chi connectivity index (χ1) is 8.58. The van der Waals surface area contributed by atoms with Crippen LogP contribution in [0.25, 0.3) is 0 Å². The Morgan fingerprint density at radius 2 is 1.89 bits per heavy atom. The molecule has 0 aliphatic carbocycles. The lowest BCUT2D eigenvalue weighted by Crippen LogP contribution is -2.31. The Kier molecular flexibility index (Phi) is 5.42. The first-order valence-corrected chi connectivity index (χ1v) is 10.2. The van der Waals surface area contributed by atoms with Gasteiger partial charge in [0.15, 0.2) is 0 Å². The van der Waals surface area contributed by atoms with E-state index in [1.54, 1.807) is 13.0 Å². The highest BCUT2D eigenvalue weighted by Gasteiger charge is 2.24. The molecule has 0 spiro atoms. The van der Waals surface area contributed by atoms with E-state index in [9.17, 15) is 16.8 Å². The van der Waals surface area contributed by atoms with Crippen LogP contribution in [-0.4, -0.2) is 46.7 Å². The molecule has 1 aromatic rings. The molecule has 0 aliphatic rings. The molecule has 0 amide bonds. The number of rotatable bonds is 6. The summed E-state index contributed by atoms with van der Waals surface area (Å²) < 4.78 is 47.8. The molecule has 5 nitrogen and oxygen atoms in total. The van der Waals surface area contributed by atoms with Crippen LogP contribution in [0, 0.1) is 6.92 Å². The van der Waals surface area contributed by atoms with Gasteiger partial charge in [0.1, 0.15) is 14.0 Å². The molecule has 110 valence electrons. The van der Waals surface area contributed by atoms with E-state index in [0.29, 0.717) is 0 Å². The lowest BCUT2D eigenvalue weighted by atomic mass is 10.3. The van der Waals surface area contributed by atoms with Crippen molar-refractivity contribution < 1.29 is 16.8 Å². The number of sulfone groups is 1. The minimum Gasteiger partial charge on any atom is -0.229 e. The molecule has 1 heterocycles. The summed E-state index contributed by atoms with van der Waals surface area (Å²) in [6.07, 6.45) is 1.08. The lowest BCUT2D eigenvalue weighted by molar-refractivity contribution is 0.486. The van der Waals surface area contributed by atoms with Gasteiger partial charge in [-0.1, -0.05) is 0 Å². The van der Waals surface area contributed by atoms with Crippen molar-refractivity contribution in [3.05, 3.63) is 16.5 Å². The molecule has 0 bridgehead atoms. The van der Waals surface area contributed by atoms with Gasteiger partial charge >= 0.3 is 0 Å². The highest BCUT2D eigenvalue weighted by molar-refractivity contribution is 7.91. The third kappa shape index (κ3) is 4.42. The topological polar surface area (TPSA) is 71.5 Å². The van der Waals surface area contributed by atoms with E-state index in [1.807, 2.05) is 0 Å². The van der Waals surface area contributed by atoms with Gasteiger partial charge < -0.3 is 0 Å². The number of thiophene rings is 1. The molecule has 0 fully saturated rings. The molecule has 0 unspecified atom stereocenters. The predicted molar refractivity (Wildman–Crippen MR) is 78.1 cm³/mol. The van der Waals surface area contributed by atoms with E-state index >= 15 is 0 Å². The molecule has 9 heteroatoms. The van der Waals surface area contributed by atoms with Crippen LogP contribution in [0.3, 0.4) is 0 Å². The maximum Gasteiger partial charge on any atom is 0.252 e. The Bertz CT molecular complexity index is 648. The van der Waals surface area contributed by atoms with Gasteiger partial charge in [-0.05, 0) is 18.6 Å². The zero-order valence-corrected chi connectivity index (χ0v) is 14.1. The second kappa shape index (κ2) is 6.09. The number of hydrogen-bond acceptors (Lipinski definition) is 5. The number of halogens is 1. The molecule has 0 saturated carbocycles. The molecule has 0 radical (unpaired) electrons. The van der Waals surface area contributed by atoms with E-state index in [1.165, 1.54) is 7.05 Å². The van der Waals surface area contributed by atoms with Crippen LogP contribution < -0.4 is 0 Å². The fourth-order valence-electron chi connectivity index (χ4n) is 1.32. The number of aryl methyl sites for hydroxylation is 1. The molecule has 1 rings (SSSR count). The zero-order valence-electron chi connectivity index (χ0n) is 10.9. The number of sulfonamides is 1. The second-order valence-corrected chi connectivity index (χ2v) is 10.2. The summed E-state index contributed by atoms with van der Waals surface area (Å²) in [5.74, 6) is 0.0640. The Morgan fingerprint density at radius 3 is 2.32 bits per heavy atom. The van der Waals surface area contributed by atoms with Crippen molar-refractivity contribution in [2.75, 3.05) is 25.6 Å². The highest BCUT2D eigenvalue weighted by atomic mass is 35.5. The van der Waals surface area contributed by atoms with Crippen molar-refractivity contribution in [1.82, 2.24) is 4.31 Å². The Morgan fingerprint density at radius 1 is 1.32 bits per heavy atom. The summed E-state index contributed by atoms with van der Waals surface area (Å²) in [6, 6.07) is 1.56. The van der Waals surface area contributed by atoms with E-state index < -0.39 is 19.9 Å². The lowest BCUT2D eigenvalue weighted by Gasteiger charge is -2.15. The van der Waals surface area contributed by atoms with Crippen molar-refractivity contribution in [3.8, 4) is 0 Å². The monoisotopic (exact) mass is 345 g/mol. The summed E-state index contributed by atoms with van der Waals surface area (Å²) >= 11 is 6.84. The van der Waals surface area contributed by atoms with E-state index in [0.717, 1.165) is 32.3 Å². The van der Waals surface area contributed by atoms with Crippen LogP contribution >= 0.6 is 22.9 Å². The third-order valence-electron chi connectivity index (χ3n) is 2.56. The van der Waals surface area contributed by atoms with Crippen molar-refractivity contribution in [1.29, 1.82) is 0 Å². The van der Waals surface area contributed by atoms with Gasteiger partial charge in [-0.3, -0.25) is 0 Å². The summed E-state index contributed by atoms with van der Waals surface area (Å²) in [7, 11) is -5.47. The van der Waals surface area contributed by atoms with Crippen molar-refractivity contribution in [3.63, 3.8) is 0 Å². The van der Waals surface area contributed by atoms with Crippen LogP contribution in [0.15, 0.2) is 10.3 Å². The Hall–Kier alpha value is -0.150. The zero-order chi connectivity index (χ0) is 14.8. The van der Waals surface area contributed by atoms with Crippen molar-refractivity contribution >= 4 is 42.8 Å². The van der Waals surface area contributed by atoms with Gasteiger partial charge in [0, 0.05) is 24.7 Å². The number of nitrogens with zero attached hydrogens (tertiary/aromatic N) is 1. The van der Waals surface area contributed by atoms with E-state index in [2.05, 4.69) is 0 Å². The Balaban J connectivity index is 2.96. The van der Waals surface area contributed by atoms with Crippen LogP contribution in [0.5, 0.6) is 0 Å². The van der Waals surface area contributed by atoms with Crippen LogP contribution in [0.1, 0.15) is 10.4 Å². The van der Waals surface area contributed by atoms with Gasteiger partial charge in [0.05, 0.1) is 11.6 Å². The standard InChI is InChI=1S/C10H16ClNO4S3/c1-8-6-10(17-9(8)7-11)19(15,16)12(2)4-5-18(3,13)14/h6H,4-5,7H2,1-3H3. The molecule has 19 heavy (non-hydrogen) atoms. The third-order valence-corrected chi connectivity index (χ3v) is 7.45. The van der Waals surface area contributed by atoms with Crippen LogP contribution in [-0.2, 0) is 25.7 Å². The van der Waals surface area contributed by atoms with E-state index in [4.69, 9.17) is 11.6 Å². The van der Waals surface area contributed by atoms with Crippen LogP contribution in [0.4, 0.5) is 0 Å². The van der Waals surface area contributed by atoms with Gasteiger partial charge in [0.2, 0.25) is 0 Å². The van der Waals surface area contributed by atoms with Crippen molar-refractivity contribution in [2.45, 2.75) is 17.0 Å². The first-order valence-electron chi connectivity index (χ1n) is 5.37. The molecule has 1 aromatic heterocycles. The molecule has 0 N–H and O–H groups in total. The maximum atomic E-state index is 12.2. The van der Waals surface area contributed by atoms with E-state index in [-0.39, 0.29) is 22.4 Å². The summed E-state index contributed by atoms with van der Waals surface area (Å²) in [5.41, 5.74) is 0.829. The van der Waals surface area contributed by atoms with Gasteiger partial charge in [-0.15, -0.1) is 22.9 Å². The van der Waals surface area contributed by atoms with Gasteiger partial charge in [-0.25, -0.2) is 16.8 Å². The SMILES string of the molecule is Cc1cc(S(=O)(=O)N(C)CCS(C)(=O)=O)sc1CCl. The molecular weight excluding hydrogens is 330 g/mol. The number of hydrogen-bond donors (Lipinski definition) is 0. The fraction of sp³-hybridized carbons (Fsp3) is 0.600. The van der Waals surface area contributed by atoms with Crippen molar-refractivity contribution in [2.24, 2.45) is 0 Å². The quantitative estimate of drug-likeness (QED) is 0.732. The van der Waals surface area contributed by atoms with Gasteiger partial charge in [0.25, 0.3) is 10.0 Å². The predicted octanol–water partition coefficient (Wildman–Crippen LogP) is 1.46. The molecule has 0 aromatic carbocycles. The smallest absolute Gasteiger partial charge is 0.229 e. The summed E-state index contributed by atoms with van der Waals surface area (Å²) in [4.78, 5) is 0.803. The van der Waals surface area contributed by atoms with Crippen LogP contribution in [0.2, 0.25) is 0 Å². The highest BCUT2D eigenvalue weighted by Crippen LogP contribution is 2.29. The largest absolute Gasteiger partial charge is 0.252 e. The molecule has 0 aliphatic heterocycles. The minimum atomic E-state index is -3.64. The maximum absolute atomic E-state index is 12.2. The average molecular weight is 346 g/mol.